The number of benzene rings is 2. The van der Waals surface area contributed by atoms with E-state index in [0.717, 1.165) is 11.6 Å². The summed E-state index contributed by atoms with van der Waals surface area (Å²) in [7, 11) is -3.39. The van der Waals surface area contributed by atoms with Crippen LogP contribution in [0.2, 0.25) is 5.02 Å². The van der Waals surface area contributed by atoms with Gasteiger partial charge in [0.1, 0.15) is 0 Å². The van der Waals surface area contributed by atoms with E-state index < -0.39 is 15.7 Å². The van der Waals surface area contributed by atoms with Gasteiger partial charge in [0.05, 0.1) is 16.1 Å². The number of amides is 1. The van der Waals surface area contributed by atoms with Gasteiger partial charge in [0.2, 0.25) is 0 Å². The molecular weight excluding hydrogens is 348 g/mol. The molecule has 5 nitrogen and oxygen atoms in total. The van der Waals surface area contributed by atoms with Crippen molar-refractivity contribution in [1.29, 1.82) is 0 Å². The average Bonchev–Trinajstić information content (AvgIpc) is 2.54. The van der Waals surface area contributed by atoms with Crippen LogP contribution in [0.25, 0.3) is 10.9 Å². The number of hydrogen-bond donors (Lipinski definition) is 1. The quantitative estimate of drug-likeness (QED) is 0.775. The SMILES string of the molecule is CS(=O)(=O)c1cccc(C(=O)Nc2cc(Cl)cc3cccnc23)c1. The summed E-state index contributed by atoms with van der Waals surface area (Å²) in [6.45, 7) is 0. The van der Waals surface area contributed by atoms with Gasteiger partial charge in [-0.25, -0.2) is 8.42 Å². The lowest BCUT2D eigenvalue weighted by atomic mass is 10.1. The molecule has 24 heavy (non-hydrogen) atoms. The molecule has 0 bridgehead atoms. The number of halogens is 1. The van der Waals surface area contributed by atoms with Gasteiger partial charge in [0, 0.05) is 28.4 Å². The van der Waals surface area contributed by atoms with Crippen LogP contribution >= 0.6 is 11.6 Å². The third kappa shape index (κ3) is 3.39. The molecule has 0 saturated carbocycles. The topological polar surface area (TPSA) is 76.1 Å². The largest absolute Gasteiger partial charge is 0.320 e. The Morgan fingerprint density at radius 1 is 1.12 bits per heavy atom. The number of fused-ring (bicyclic) bond motifs is 1. The summed E-state index contributed by atoms with van der Waals surface area (Å²) < 4.78 is 23.3. The minimum Gasteiger partial charge on any atom is -0.320 e. The molecule has 0 fully saturated rings. The van der Waals surface area contributed by atoms with E-state index in [9.17, 15) is 13.2 Å². The van der Waals surface area contributed by atoms with Gasteiger partial charge in [-0.1, -0.05) is 23.7 Å². The van der Waals surface area contributed by atoms with Crippen molar-refractivity contribution in [3.05, 3.63) is 65.3 Å². The molecule has 0 aliphatic rings. The molecule has 0 atom stereocenters. The number of nitrogens with one attached hydrogen (secondary N) is 1. The highest BCUT2D eigenvalue weighted by Gasteiger charge is 2.13. The van der Waals surface area contributed by atoms with Crippen LogP contribution in [0, 0.1) is 0 Å². The lowest BCUT2D eigenvalue weighted by molar-refractivity contribution is 0.102. The van der Waals surface area contributed by atoms with Gasteiger partial charge in [-0.2, -0.15) is 0 Å². The Morgan fingerprint density at radius 2 is 1.92 bits per heavy atom. The van der Waals surface area contributed by atoms with E-state index in [0.29, 0.717) is 16.2 Å². The van der Waals surface area contributed by atoms with Gasteiger partial charge < -0.3 is 5.32 Å². The Balaban J connectivity index is 1.99. The first-order valence-corrected chi connectivity index (χ1v) is 9.27. The molecule has 3 aromatic rings. The first kappa shape index (κ1) is 16.4. The fourth-order valence-electron chi connectivity index (χ4n) is 2.31. The molecule has 0 saturated heterocycles. The molecular formula is C17H13ClN2O3S. The molecule has 3 rings (SSSR count). The van der Waals surface area contributed by atoms with Crippen LogP contribution < -0.4 is 5.32 Å². The summed E-state index contributed by atoms with van der Waals surface area (Å²) in [6.07, 6.45) is 2.72. The van der Waals surface area contributed by atoms with Crippen molar-refractivity contribution >= 4 is 43.9 Å². The molecule has 1 N–H and O–H groups in total. The number of carbonyl (C=O) groups is 1. The Bertz CT molecular complexity index is 1050. The molecule has 0 radical (unpaired) electrons. The fraction of sp³-hybridized carbons (Fsp3) is 0.0588. The number of pyridine rings is 1. The van der Waals surface area contributed by atoms with Crippen LogP contribution in [0.5, 0.6) is 0 Å². The highest BCUT2D eigenvalue weighted by molar-refractivity contribution is 7.90. The minimum absolute atomic E-state index is 0.0872. The van der Waals surface area contributed by atoms with E-state index in [1.54, 1.807) is 30.5 Å². The number of rotatable bonds is 3. The Labute approximate surface area is 144 Å². The van der Waals surface area contributed by atoms with E-state index in [1.807, 2.05) is 6.07 Å². The first-order valence-electron chi connectivity index (χ1n) is 7.00. The van der Waals surface area contributed by atoms with E-state index >= 15 is 0 Å². The second-order valence-corrected chi connectivity index (χ2v) is 7.73. The number of sulfone groups is 1. The van der Waals surface area contributed by atoms with Gasteiger partial charge >= 0.3 is 0 Å². The zero-order valence-electron chi connectivity index (χ0n) is 12.7. The normalized spacial score (nSPS) is 11.4. The Hall–Kier alpha value is -2.44. The molecule has 0 aliphatic carbocycles. The molecule has 1 amide bonds. The third-order valence-electron chi connectivity index (χ3n) is 3.44. The lowest BCUT2D eigenvalue weighted by Gasteiger charge is -2.09. The highest BCUT2D eigenvalue weighted by atomic mass is 35.5. The lowest BCUT2D eigenvalue weighted by Crippen LogP contribution is -2.13. The van der Waals surface area contributed by atoms with Crippen molar-refractivity contribution in [1.82, 2.24) is 4.98 Å². The summed E-state index contributed by atoms with van der Waals surface area (Å²) in [5.74, 6) is -0.435. The predicted molar refractivity (Wildman–Crippen MR) is 94.3 cm³/mol. The van der Waals surface area contributed by atoms with E-state index in [1.165, 1.54) is 18.2 Å². The van der Waals surface area contributed by atoms with Gasteiger partial charge in [0.15, 0.2) is 9.84 Å². The minimum atomic E-state index is -3.39. The van der Waals surface area contributed by atoms with E-state index in [2.05, 4.69) is 10.3 Å². The van der Waals surface area contributed by atoms with Gasteiger partial charge in [-0.3, -0.25) is 9.78 Å². The van der Waals surface area contributed by atoms with Crippen molar-refractivity contribution in [3.8, 4) is 0 Å². The van der Waals surface area contributed by atoms with Crippen LogP contribution in [-0.4, -0.2) is 25.6 Å². The average molecular weight is 361 g/mol. The van der Waals surface area contributed by atoms with Gasteiger partial charge in [0.25, 0.3) is 5.91 Å². The molecule has 0 aliphatic heterocycles. The van der Waals surface area contributed by atoms with Crippen molar-refractivity contribution in [2.45, 2.75) is 4.90 Å². The summed E-state index contributed by atoms with van der Waals surface area (Å²) in [4.78, 5) is 16.8. The highest BCUT2D eigenvalue weighted by Crippen LogP contribution is 2.26. The van der Waals surface area contributed by atoms with Crippen LogP contribution in [0.1, 0.15) is 10.4 Å². The van der Waals surface area contributed by atoms with Crippen LogP contribution in [0.15, 0.2) is 59.6 Å². The molecule has 0 spiro atoms. The number of anilines is 1. The molecule has 0 unspecified atom stereocenters. The Morgan fingerprint density at radius 3 is 2.67 bits per heavy atom. The number of carbonyl (C=O) groups excluding carboxylic acids is 1. The van der Waals surface area contributed by atoms with E-state index in [-0.39, 0.29) is 10.5 Å². The Kier molecular flexibility index (Phi) is 4.26. The third-order valence-corrected chi connectivity index (χ3v) is 4.77. The molecule has 7 heteroatoms. The van der Waals surface area contributed by atoms with Crippen molar-refractivity contribution < 1.29 is 13.2 Å². The smallest absolute Gasteiger partial charge is 0.255 e. The standard InChI is InChI=1S/C17H13ClN2O3S/c1-24(22,23)14-6-2-4-12(9-14)17(21)20-15-10-13(18)8-11-5-3-7-19-16(11)15/h2-10H,1H3,(H,20,21). The zero-order valence-corrected chi connectivity index (χ0v) is 14.2. The zero-order chi connectivity index (χ0) is 17.3. The van der Waals surface area contributed by atoms with Crippen molar-refractivity contribution in [2.24, 2.45) is 0 Å². The van der Waals surface area contributed by atoms with Crippen molar-refractivity contribution in [2.75, 3.05) is 11.6 Å². The molecule has 1 aromatic heterocycles. The van der Waals surface area contributed by atoms with Gasteiger partial charge in [-0.05, 0) is 36.4 Å². The molecule has 1 heterocycles. The molecule has 122 valence electrons. The van der Waals surface area contributed by atoms with Crippen LogP contribution in [0.3, 0.4) is 0 Å². The summed E-state index contributed by atoms with van der Waals surface area (Å²) in [5.41, 5.74) is 1.31. The van der Waals surface area contributed by atoms with Gasteiger partial charge in [-0.15, -0.1) is 0 Å². The number of aromatic nitrogens is 1. The van der Waals surface area contributed by atoms with Crippen molar-refractivity contribution in [3.63, 3.8) is 0 Å². The summed E-state index contributed by atoms with van der Waals surface area (Å²) >= 11 is 6.08. The maximum absolute atomic E-state index is 12.5. The maximum atomic E-state index is 12.5. The first-order chi connectivity index (χ1) is 11.3. The number of nitrogens with zero attached hydrogens (tertiary/aromatic N) is 1. The maximum Gasteiger partial charge on any atom is 0.255 e. The summed E-state index contributed by atoms with van der Waals surface area (Å²) in [5, 5.41) is 4.00. The van der Waals surface area contributed by atoms with E-state index in [4.69, 9.17) is 11.6 Å². The van der Waals surface area contributed by atoms with Crippen LogP contribution in [-0.2, 0) is 9.84 Å². The molecule has 2 aromatic carbocycles. The monoisotopic (exact) mass is 360 g/mol. The predicted octanol–water partition coefficient (Wildman–Crippen LogP) is 3.54. The summed E-state index contributed by atoms with van der Waals surface area (Å²) in [6, 6.07) is 12.8. The number of hydrogen-bond acceptors (Lipinski definition) is 4. The second-order valence-electron chi connectivity index (χ2n) is 5.28. The second kappa shape index (κ2) is 6.22. The fourth-order valence-corrected chi connectivity index (χ4v) is 3.21. The van der Waals surface area contributed by atoms with Crippen LogP contribution in [0.4, 0.5) is 5.69 Å².